The Kier molecular flexibility index (Phi) is 6.62. The zero-order valence-corrected chi connectivity index (χ0v) is 16.7. The normalized spacial score (nSPS) is 13.0. The number of carbonyl (C=O) groups excluding carboxylic acids is 1. The molecule has 0 radical (unpaired) electrons. The average Bonchev–Trinajstić information content (AvgIpc) is 2.58. The van der Waals surface area contributed by atoms with Gasteiger partial charge in [0.2, 0.25) is 0 Å². The zero-order valence-electron chi connectivity index (χ0n) is 15.9. The fraction of sp³-hybridized carbons (Fsp3) is 0.350. The fourth-order valence-electron chi connectivity index (χ4n) is 2.29. The van der Waals surface area contributed by atoms with E-state index in [1.807, 2.05) is 13.0 Å². The van der Waals surface area contributed by atoms with Crippen LogP contribution in [0.15, 0.2) is 59.5 Å². The fourth-order valence-corrected chi connectivity index (χ4v) is 3.21. The first-order valence-corrected chi connectivity index (χ1v) is 9.98. The molecule has 0 saturated heterocycles. The number of hydrogen-bond acceptors (Lipinski definition) is 5. The molecule has 0 aliphatic rings. The van der Waals surface area contributed by atoms with Crippen LogP contribution in [-0.4, -0.2) is 26.7 Å². The largest absolute Gasteiger partial charge is 0.444 e. The first-order valence-electron chi connectivity index (χ1n) is 8.57. The lowest BCUT2D eigenvalue weighted by Gasteiger charge is -2.23. The molecule has 2 aromatic carbocycles. The van der Waals surface area contributed by atoms with Crippen LogP contribution in [-0.2, 0) is 19.0 Å². The van der Waals surface area contributed by atoms with Gasteiger partial charge in [0.15, 0.2) is 0 Å². The van der Waals surface area contributed by atoms with Gasteiger partial charge >= 0.3 is 6.09 Å². The van der Waals surface area contributed by atoms with E-state index in [2.05, 4.69) is 5.32 Å². The summed E-state index contributed by atoms with van der Waals surface area (Å²) in [5, 5.41) is 2.67. The summed E-state index contributed by atoms with van der Waals surface area (Å²) in [7, 11) is -3.94. The van der Waals surface area contributed by atoms with Gasteiger partial charge in [0, 0.05) is 0 Å². The molecule has 0 saturated carbocycles. The Balaban J connectivity index is 2.14. The minimum atomic E-state index is -3.94. The van der Waals surface area contributed by atoms with Crippen LogP contribution >= 0.6 is 0 Å². The number of rotatable bonds is 6. The van der Waals surface area contributed by atoms with E-state index in [-0.39, 0.29) is 11.5 Å². The lowest BCUT2D eigenvalue weighted by molar-refractivity contribution is 0.0487. The molecule has 0 heterocycles. The number of aryl methyl sites for hydroxylation is 1. The second kappa shape index (κ2) is 8.54. The minimum Gasteiger partial charge on any atom is -0.444 e. The predicted octanol–water partition coefficient (Wildman–Crippen LogP) is 3.97. The topological polar surface area (TPSA) is 81.7 Å². The highest BCUT2D eigenvalue weighted by molar-refractivity contribution is 7.86. The van der Waals surface area contributed by atoms with E-state index in [1.165, 1.54) is 12.1 Å². The molecule has 2 rings (SSSR count). The molecule has 0 aliphatic carbocycles. The Morgan fingerprint density at radius 3 is 2.19 bits per heavy atom. The number of nitrogens with one attached hydrogen (secondary N) is 1. The molecule has 0 aliphatic heterocycles. The van der Waals surface area contributed by atoms with Crippen LogP contribution < -0.4 is 5.32 Å². The first-order chi connectivity index (χ1) is 12.6. The van der Waals surface area contributed by atoms with E-state index >= 15 is 0 Å². The van der Waals surface area contributed by atoms with Crippen LogP contribution in [0.5, 0.6) is 0 Å². The average molecular weight is 391 g/mol. The van der Waals surface area contributed by atoms with Crippen molar-refractivity contribution in [2.75, 3.05) is 6.61 Å². The second-order valence-corrected chi connectivity index (χ2v) is 8.78. The second-order valence-electron chi connectivity index (χ2n) is 7.16. The van der Waals surface area contributed by atoms with Crippen molar-refractivity contribution < 1.29 is 22.1 Å². The highest BCUT2D eigenvalue weighted by Crippen LogP contribution is 2.19. The monoisotopic (exact) mass is 391 g/mol. The molecule has 1 atom stereocenters. The summed E-state index contributed by atoms with van der Waals surface area (Å²) < 4.78 is 35.3. The minimum absolute atomic E-state index is 0.0668. The number of alkyl carbamates (subject to hydrolysis) is 1. The van der Waals surface area contributed by atoms with Crippen LogP contribution in [0.1, 0.15) is 37.9 Å². The maximum Gasteiger partial charge on any atom is 0.408 e. The van der Waals surface area contributed by atoms with Gasteiger partial charge in [-0.3, -0.25) is 4.18 Å². The van der Waals surface area contributed by atoms with Crippen LogP contribution in [0, 0.1) is 6.92 Å². The van der Waals surface area contributed by atoms with Gasteiger partial charge in [0.05, 0.1) is 17.5 Å². The summed E-state index contributed by atoms with van der Waals surface area (Å²) in [6.45, 7) is 6.88. The van der Waals surface area contributed by atoms with E-state index in [0.717, 1.165) is 5.56 Å². The molecule has 6 nitrogen and oxygen atoms in total. The highest BCUT2D eigenvalue weighted by Gasteiger charge is 2.23. The maximum absolute atomic E-state index is 12.4. The number of benzene rings is 2. The molecule has 7 heteroatoms. The van der Waals surface area contributed by atoms with Gasteiger partial charge in [-0.15, -0.1) is 0 Å². The van der Waals surface area contributed by atoms with Gasteiger partial charge in [-0.1, -0.05) is 48.0 Å². The van der Waals surface area contributed by atoms with E-state index in [0.29, 0.717) is 5.56 Å². The summed E-state index contributed by atoms with van der Waals surface area (Å²) in [5.41, 5.74) is 0.991. The molecule has 1 N–H and O–H groups in total. The van der Waals surface area contributed by atoms with Crippen molar-refractivity contribution in [3.8, 4) is 0 Å². The van der Waals surface area contributed by atoms with Crippen molar-refractivity contribution in [2.45, 2.75) is 44.2 Å². The summed E-state index contributed by atoms with van der Waals surface area (Å²) in [6.07, 6.45) is -0.646. The number of carbonyl (C=O) groups is 1. The molecule has 0 bridgehead atoms. The number of amides is 1. The molecule has 1 amide bonds. The van der Waals surface area contributed by atoms with Crippen LogP contribution in [0.25, 0.3) is 0 Å². The third-order valence-corrected chi connectivity index (χ3v) is 4.89. The van der Waals surface area contributed by atoms with Crippen LogP contribution in [0.2, 0.25) is 0 Å². The van der Waals surface area contributed by atoms with Gasteiger partial charge in [0.25, 0.3) is 10.1 Å². The molecular weight excluding hydrogens is 366 g/mol. The standard InChI is InChI=1S/C20H25NO5S/c1-15-10-12-17(13-11-15)27(23,24)25-14-18(16-8-6-5-7-9-16)21-19(22)26-20(2,3)4/h5-13,18H,14H2,1-4H3,(H,21,22)/t18-/m0/s1. The lowest BCUT2D eigenvalue weighted by Crippen LogP contribution is -2.37. The Morgan fingerprint density at radius 2 is 1.63 bits per heavy atom. The molecule has 2 aromatic rings. The lowest BCUT2D eigenvalue weighted by atomic mass is 10.1. The van der Waals surface area contributed by atoms with E-state index in [1.54, 1.807) is 57.2 Å². The van der Waals surface area contributed by atoms with Gasteiger partial charge in [-0.2, -0.15) is 8.42 Å². The molecule has 0 spiro atoms. The predicted molar refractivity (Wildman–Crippen MR) is 103 cm³/mol. The van der Waals surface area contributed by atoms with E-state index in [4.69, 9.17) is 8.92 Å². The molecule has 27 heavy (non-hydrogen) atoms. The van der Waals surface area contributed by atoms with Gasteiger partial charge < -0.3 is 10.1 Å². The van der Waals surface area contributed by atoms with Gasteiger partial charge in [0.1, 0.15) is 5.60 Å². The Morgan fingerprint density at radius 1 is 1.04 bits per heavy atom. The number of ether oxygens (including phenoxy) is 1. The zero-order chi connectivity index (χ0) is 20.1. The summed E-state index contributed by atoms with van der Waals surface area (Å²) in [4.78, 5) is 12.2. The van der Waals surface area contributed by atoms with Crippen molar-refractivity contribution in [3.63, 3.8) is 0 Å². The van der Waals surface area contributed by atoms with Crippen molar-refractivity contribution in [1.82, 2.24) is 5.32 Å². The molecule has 0 unspecified atom stereocenters. The molecular formula is C20H25NO5S. The molecule has 0 aromatic heterocycles. The van der Waals surface area contributed by atoms with E-state index < -0.39 is 27.9 Å². The maximum atomic E-state index is 12.4. The molecule has 0 fully saturated rings. The molecule has 146 valence electrons. The van der Waals surface area contributed by atoms with Gasteiger partial charge in [-0.25, -0.2) is 4.79 Å². The quantitative estimate of drug-likeness (QED) is 0.754. The Labute approximate surface area is 160 Å². The smallest absolute Gasteiger partial charge is 0.408 e. The number of hydrogen-bond donors (Lipinski definition) is 1. The van der Waals surface area contributed by atoms with Gasteiger partial charge in [-0.05, 0) is 45.4 Å². The SMILES string of the molecule is Cc1ccc(S(=O)(=O)OC[C@H](NC(=O)OC(C)(C)C)c2ccccc2)cc1. The summed E-state index contributed by atoms with van der Waals surface area (Å²) >= 11 is 0. The summed E-state index contributed by atoms with van der Waals surface area (Å²) in [6, 6.07) is 14.7. The van der Waals surface area contributed by atoms with Crippen molar-refractivity contribution >= 4 is 16.2 Å². The third kappa shape index (κ3) is 6.69. The van der Waals surface area contributed by atoms with Crippen molar-refractivity contribution in [2.24, 2.45) is 0 Å². The Hall–Kier alpha value is -2.38. The van der Waals surface area contributed by atoms with Crippen molar-refractivity contribution in [3.05, 3.63) is 65.7 Å². The first kappa shape index (κ1) is 20.9. The van der Waals surface area contributed by atoms with Crippen LogP contribution in [0.3, 0.4) is 0 Å². The van der Waals surface area contributed by atoms with E-state index in [9.17, 15) is 13.2 Å². The highest BCUT2D eigenvalue weighted by atomic mass is 32.2. The third-order valence-electron chi connectivity index (χ3n) is 3.59. The van der Waals surface area contributed by atoms with Crippen molar-refractivity contribution in [1.29, 1.82) is 0 Å². The summed E-state index contributed by atoms with van der Waals surface area (Å²) in [5.74, 6) is 0. The van der Waals surface area contributed by atoms with Crippen LogP contribution in [0.4, 0.5) is 4.79 Å². The Bertz CT molecular complexity index is 855.